The van der Waals surface area contributed by atoms with E-state index in [9.17, 15) is 4.79 Å². The van der Waals surface area contributed by atoms with Gasteiger partial charge < -0.3 is 10.4 Å². The van der Waals surface area contributed by atoms with E-state index >= 15 is 0 Å². The topological polar surface area (TPSA) is 49.3 Å². The van der Waals surface area contributed by atoms with E-state index in [0.717, 1.165) is 0 Å². The molecule has 0 aromatic carbocycles. The van der Waals surface area contributed by atoms with Crippen LogP contribution in [0.4, 0.5) is 0 Å². The molecule has 0 heterocycles. The van der Waals surface area contributed by atoms with E-state index in [-0.39, 0.29) is 12.5 Å². The number of hydrogen-bond donors (Lipinski definition) is 2. The first-order valence-electron chi connectivity index (χ1n) is 3.29. The molecule has 0 rings (SSSR count). The summed E-state index contributed by atoms with van der Waals surface area (Å²) in [7, 11) is 0. The molecule has 58 valence electrons. The lowest BCUT2D eigenvalue weighted by atomic mass is 10.2. The normalized spacial score (nSPS) is 9.00. The first-order valence-corrected chi connectivity index (χ1v) is 3.29. The van der Waals surface area contributed by atoms with Crippen molar-refractivity contribution in [2.75, 3.05) is 13.2 Å². The third-order valence-electron chi connectivity index (χ3n) is 1.07. The summed E-state index contributed by atoms with van der Waals surface area (Å²) < 4.78 is 0. The van der Waals surface area contributed by atoms with Gasteiger partial charge in [-0.3, -0.25) is 4.79 Å². The summed E-state index contributed by atoms with van der Waals surface area (Å²) in [4.78, 5) is 10.8. The van der Waals surface area contributed by atoms with Crippen LogP contribution in [0.3, 0.4) is 0 Å². The van der Waals surface area contributed by atoms with Crippen LogP contribution in [0.2, 0.25) is 0 Å². The molecular formula is C7H13NO2. The molecular weight excluding hydrogens is 130 g/mol. The second kappa shape index (κ2) is 4.99. The van der Waals surface area contributed by atoms with Crippen LogP contribution in [0.5, 0.6) is 0 Å². The predicted molar refractivity (Wildman–Crippen MR) is 39.5 cm³/mol. The fourth-order valence-electron chi connectivity index (χ4n) is 0.534. The number of nitrogens with one attached hydrogen (secondary N) is 1. The van der Waals surface area contributed by atoms with Crippen molar-refractivity contribution in [3.63, 3.8) is 0 Å². The molecule has 0 aromatic rings. The van der Waals surface area contributed by atoms with Gasteiger partial charge in [-0.2, -0.15) is 0 Å². The number of amides is 1. The van der Waals surface area contributed by atoms with Gasteiger partial charge in [0, 0.05) is 25.1 Å². The molecule has 10 heavy (non-hydrogen) atoms. The molecule has 0 aliphatic heterocycles. The summed E-state index contributed by atoms with van der Waals surface area (Å²) in [5, 5.41) is 11.0. The van der Waals surface area contributed by atoms with Crippen molar-refractivity contribution in [1.82, 2.24) is 5.32 Å². The van der Waals surface area contributed by atoms with Gasteiger partial charge in [-0.15, -0.1) is 0 Å². The van der Waals surface area contributed by atoms with Gasteiger partial charge in [0.1, 0.15) is 0 Å². The number of carbonyl (C=O) groups excluding carboxylic acids is 1. The number of rotatable bonds is 4. The van der Waals surface area contributed by atoms with Gasteiger partial charge in [0.25, 0.3) is 0 Å². The Labute approximate surface area is 60.7 Å². The molecule has 0 saturated carbocycles. The number of hydrogen-bond acceptors (Lipinski definition) is 2. The highest BCUT2D eigenvalue weighted by Gasteiger charge is 2.02. The molecule has 0 radical (unpaired) electrons. The summed E-state index contributed by atoms with van der Waals surface area (Å²) in [6.45, 7) is 5.91. The molecule has 0 spiro atoms. The molecule has 2 N–H and O–H groups in total. The van der Waals surface area contributed by atoms with Gasteiger partial charge in [-0.05, 0) is 6.92 Å². The van der Waals surface area contributed by atoms with Crippen LogP contribution in [-0.2, 0) is 4.79 Å². The average Bonchev–Trinajstić information content (AvgIpc) is 1.89. The van der Waals surface area contributed by atoms with Gasteiger partial charge in [0.05, 0.1) is 0 Å². The molecule has 0 aliphatic rings. The van der Waals surface area contributed by atoms with Crippen LogP contribution in [0.1, 0.15) is 13.3 Å². The monoisotopic (exact) mass is 143 g/mol. The van der Waals surface area contributed by atoms with Gasteiger partial charge in [0.15, 0.2) is 0 Å². The van der Waals surface area contributed by atoms with E-state index in [4.69, 9.17) is 5.11 Å². The Bertz CT molecular complexity index is 116. The molecule has 0 fully saturated rings. The van der Waals surface area contributed by atoms with Gasteiger partial charge >= 0.3 is 0 Å². The molecule has 0 atom stereocenters. The predicted octanol–water partition coefficient (Wildman–Crippen LogP) is 0.0611. The zero-order chi connectivity index (χ0) is 7.98. The number of carbonyl (C=O) groups is 1. The van der Waals surface area contributed by atoms with Crippen LogP contribution in [0.25, 0.3) is 0 Å². The van der Waals surface area contributed by atoms with E-state index in [1.807, 2.05) is 6.92 Å². The van der Waals surface area contributed by atoms with Crippen molar-refractivity contribution in [1.29, 1.82) is 0 Å². The second-order valence-electron chi connectivity index (χ2n) is 1.94. The van der Waals surface area contributed by atoms with Crippen LogP contribution in [-0.4, -0.2) is 24.2 Å². The van der Waals surface area contributed by atoms with Crippen LogP contribution < -0.4 is 5.32 Å². The lowest BCUT2D eigenvalue weighted by molar-refractivity contribution is -0.117. The molecule has 0 aliphatic carbocycles. The third-order valence-corrected chi connectivity index (χ3v) is 1.07. The standard InChI is InChI=1S/C7H13NO2/c1-3-8-7(10)6(2)4-5-9/h9H,2-5H2,1H3,(H,8,10). The Morgan fingerprint density at radius 2 is 2.30 bits per heavy atom. The lowest BCUT2D eigenvalue weighted by Gasteiger charge is -2.02. The van der Waals surface area contributed by atoms with E-state index in [1.54, 1.807) is 0 Å². The summed E-state index contributed by atoms with van der Waals surface area (Å²) in [5.41, 5.74) is 0.435. The summed E-state index contributed by atoms with van der Waals surface area (Å²) in [6, 6.07) is 0. The maximum atomic E-state index is 10.8. The van der Waals surface area contributed by atoms with Crippen molar-refractivity contribution in [2.24, 2.45) is 0 Å². The minimum Gasteiger partial charge on any atom is -0.396 e. The zero-order valence-electron chi connectivity index (χ0n) is 6.18. The number of aliphatic hydroxyl groups excluding tert-OH is 1. The Morgan fingerprint density at radius 1 is 1.70 bits per heavy atom. The van der Waals surface area contributed by atoms with Crippen molar-refractivity contribution in [3.05, 3.63) is 12.2 Å². The fourth-order valence-corrected chi connectivity index (χ4v) is 0.534. The Balaban J connectivity index is 3.60. The zero-order valence-corrected chi connectivity index (χ0v) is 6.18. The molecule has 0 saturated heterocycles. The number of likely N-dealkylation sites (N-methyl/N-ethyl adjacent to an activating group) is 1. The van der Waals surface area contributed by atoms with E-state index in [2.05, 4.69) is 11.9 Å². The molecule has 0 aromatic heterocycles. The van der Waals surface area contributed by atoms with Gasteiger partial charge in [0.2, 0.25) is 5.91 Å². The number of aliphatic hydroxyl groups is 1. The Hall–Kier alpha value is -0.830. The third kappa shape index (κ3) is 3.25. The molecule has 0 unspecified atom stereocenters. The molecule has 3 nitrogen and oxygen atoms in total. The smallest absolute Gasteiger partial charge is 0.246 e. The highest BCUT2D eigenvalue weighted by atomic mass is 16.3. The molecule has 0 bridgehead atoms. The Kier molecular flexibility index (Phi) is 4.58. The van der Waals surface area contributed by atoms with Crippen molar-refractivity contribution in [3.8, 4) is 0 Å². The lowest BCUT2D eigenvalue weighted by Crippen LogP contribution is -2.24. The molecule has 3 heteroatoms. The van der Waals surface area contributed by atoms with E-state index in [0.29, 0.717) is 18.5 Å². The van der Waals surface area contributed by atoms with Crippen LogP contribution in [0.15, 0.2) is 12.2 Å². The summed E-state index contributed by atoms with van der Waals surface area (Å²) >= 11 is 0. The first kappa shape index (κ1) is 9.17. The Morgan fingerprint density at radius 3 is 2.70 bits per heavy atom. The summed E-state index contributed by atoms with van der Waals surface area (Å²) in [6.07, 6.45) is 0.353. The first-order chi connectivity index (χ1) is 4.72. The highest BCUT2D eigenvalue weighted by Crippen LogP contribution is 1.94. The minimum atomic E-state index is -0.170. The van der Waals surface area contributed by atoms with Crippen LogP contribution >= 0.6 is 0 Å². The van der Waals surface area contributed by atoms with Gasteiger partial charge in [-0.1, -0.05) is 6.58 Å². The SMILES string of the molecule is C=C(CCO)C(=O)NCC. The van der Waals surface area contributed by atoms with Gasteiger partial charge in [-0.25, -0.2) is 0 Å². The summed E-state index contributed by atoms with van der Waals surface area (Å²) in [5.74, 6) is -0.170. The fraction of sp³-hybridized carbons (Fsp3) is 0.571. The average molecular weight is 143 g/mol. The second-order valence-corrected chi connectivity index (χ2v) is 1.94. The van der Waals surface area contributed by atoms with Crippen molar-refractivity contribution >= 4 is 5.91 Å². The van der Waals surface area contributed by atoms with Crippen LogP contribution in [0, 0.1) is 0 Å². The van der Waals surface area contributed by atoms with Crippen molar-refractivity contribution < 1.29 is 9.90 Å². The van der Waals surface area contributed by atoms with E-state index in [1.165, 1.54) is 0 Å². The highest BCUT2D eigenvalue weighted by molar-refractivity contribution is 5.92. The van der Waals surface area contributed by atoms with Crippen molar-refractivity contribution in [2.45, 2.75) is 13.3 Å². The maximum Gasteiger partial charge on any atom is 0.246 e. The van der Waals surface area contributed by atoms with E-state index < -0.39 is 0 Å². The quantitative estimate of drug-likeness (QED) is 0.547. The minimum absolute atomic E-state index is 0.0179. The molecule has 1 amide bonds. The largest absolute Gasteiger partial charge is 0.396 e. The maximum absolute atomic E-state index is 10.8.